The topological polar surface area (TPSA) is 26.3 Å². The lowest BCUT2D eigenvalue weighted by Crippen LogP contribution is -1.98. The standard InChI is InChI=1S/C10H9BrO2/c1-6-2-7(4-11)10-8(3-6)9(12)5-13-10/h2-3H,4-5H2,1H3. The third-order valence-electron chi connectivity index (χ3n) is 2.10. The molecule has 0 N–H and O–H groups in total. The zero-order chi connectivity index (χ0) is 9.42. The van der Waals surface area contributed by atoms with Crippen molar-refractivity contribution in [2.45, 2.75) is 12.3 Å². The Hall–Kier alpha value is -0.830. The van der Waals surface area contributed by atoms with Gasteiger partial charge in [0.2, 0.25) is 5.78 Å². The Kier molecular flexibility index (Phi) is 2.12. The van der Waals surface area contributed by atoms with Crippen LogP contribution in [0.3, 0.4) is 0 Å². The van der Waals surface area contributed by atoms with Gasteiger partial charge in [0.1, 0.15) is 5.75 Å². The number of halogens is 1. The Morgan fingerprint density at radius 3 is 3.00 bits per heavy atom. The van der Waals surface area contributed by atoms with E-state index in [-0.39, 0.29) is 12.4 Å². The molecule has 0 atom stereocenters. The molecule has 1 aromatic carbocycles. The van der Waals surface area contributed by atoms with Gasteiger partial charge in [-0.15, -0.1) is 0 Å². The normalized spacial score (nSPS) is 14.2. The minimum Gasteiger partial charge on any atom is -0.484 e. The van der Waals surface area contributed by atoms with E-state index in [9.17, 15) is 4.79 Å². The molecule has 2 nitrogen and oxygen atoms in total. The van der Waals surface area contributed by atoms with Crippen LogP contribution in [0, 0.1) is 6.92 Å². The summed E-state index contributed by atoms with van der Waals surface area (Å²) in [5.74, 6) is 0.841. The summed E-state index contributed by atoms with van der Waals surface area (Å²) >= 11 is 3.37. The number of benzene rings is 1. The Labute approximate surface area is 85.0 Å². The van der Waals surface area contributed by atoms with Crippen LogP contribution in [-0.4, -0.2) is 12.4 Å². The first-order valence-corrected chi connectivity index (χ1v) is 5.20. The first-order chi connectivity index (χ1) is 6.22. The van der Waals surface area contributed by atoms with E-state index in [1.54, 1.807) is 0 Å². The number of hydrogen-bond acceptors (Lipinski definition) is 2. The molecule has 1 aromatic rings. The predicted octanol–water partition coefficient (Wildman–Crippen LogP) is 2.47. The molecule has 68 valence electrons. The zero-order valence-corrected chi connectivity index (χ0v) is 8.85. The van der Waals surface area contributed by atoms with Crippen molar-refractivity contribution in [1.29, 1.82) is 0 Å². The van der Waals surface area contributed by atoms with Crippen molar-refractivity contribution in [1.82, 2.24) is 0 Å². The van der Waals surface area contributed by atoms with Gasteiger partial charge in [-0.3, -0.25) is 4.79 Å². The molecule has 0 bridgehead atoms. The number of carbonyl (C=O) groups excluding carboxylic acids is 1. The lowest BCUT2D eigenvalue weighted by atomic mass is 10.0. The maximum absolute atomic E-state index is 11.3. The summed E-state index contributed by atoms with van der Waals surface area (Å²) in [5.41, 5.74) is 2.89. The highest BCUT2D eigenvalue weighted by molar-refractivity contribution is 9.08. The Morgan fingerprint density at radius 1 is 1.54 bits per heavy atom. The summed E-state index contributed by atoms with van der Waals surface area (Å²) in [7, 11) is 0. The molecule has 0 amide bonds. The van der Waals surface area contributed by atoms with Gasteiger partial charge in [0.05, 0.1) is 5.56 Å². The third kappa shape index (κ3) is 1.37. The molecular weight excluding hydrogens is 232 g/mol. The number of carbonyl (C=O) groups is 1. The lowest BCUT2D eigenvalue weighted by molar-refractivity contribution is 0.0961. The highest BCUT2D eigenvalue weighted by atomic mass is 79.9. The number of Topliss-reactive ketones (excluding diaryl/α,β-unsaturated/α-hetero) is 1. The quantitative estimate of drug-likeness (QED) is 0.706. The van der Waals surface area contributed by atoms with Crippen molar-refractivity contribution in [2.24, 2.45) is 0 Å². The molecule has 0 saturated heterocycles. The van der Waals surface area contributed by atoms with Gasteiger partial charge in [0.15, 0.2) is 6.61 Å². The molecule has 1 aliphatic rings. The van der Waals surface area contributed by atoms with E-state index in [1.165, 1.54) is 0 Å². The molecule has 0 spiro atoms. The van der Waals surface area contributed by atoms with E-state index in [4.69, 9.17) is 4.74 Å². The first kappa shape index (κ1) is 8.75. The van der Waals surface area contributed by atoms with Crippen LogP contribution >= 0.6 is 15.9 Å². The summed E-state index contributed by atoms with van der Waals surface area (Å²) in [5, 5.41) is 0.726. The average Bonchev–Trinajstić information content (AvgIpc) is 2.47. The van der Waals surface area contributed by atoms with Crippen LogP contribution in [0.2, 0.25) is 0 Å². The number of ketones is 1. The zero-order valence-electron chi connectivity index (χ0n) is 7.26. The number of rotatable bonds is 1. The van der Waals surface area contributed by atoms with Gasteiger partial charge in [-0.1, -0.05) is 22.0 Å². The molecule has 13 heavy (non-hydrogen) atoms. The fraction of sp³-hybridized carbons (Fsp3) is 0.300. The van der Waals surface area contributed by atoms with E-state index in [1.807, 2.05) is 19.1 Å². The fourth-order valence-electron chi connectivity index (χ4n) is 1.54. The third-order valence-corrected chi connectivity index (χ3v) is 2.71. The van der Waals surface area contributed by atoms with Gasteiger partial charge in [-0.25, -0.2) is 0 Å². The Balaban J connectivity index is 2.63. The second kappa shape index (κ2) is 3.14. The van der Waals surface area contributed by atoms with E-state index < -0.39 is 0 Å². The van der Waals surface area contributed by atoms with Gasteiger partial charge < -0.3 is 4.74 Å². The molecule has 0 aromatic heterocycles. The van der Waals surface area contributed by atoms with E-state index in [0.717, 1.165) is 27.8 Å². The van der Waals surface area contributed by atoms with Gasteiger partial charge in [0, 0.05) is 10.9 Å². The van der Waals surface area contributed by atoms with Gasteiger partial charge in [0.25, 0.3) is 0 Å². The summed E-state index contributed by atoms with van der Waals surface area (Å²) in [6.45, 7) is 2.18. The van der Waals surface area contributed by atoms with Crippen molar-refractivity contribution >= 4 is 21.7 Å². The second-order valence-corrected chi connectivity index (χ2v) is 3.71. The first-order valence-electron chi connectivity index (χ1n) is 4.08. The van der Waals surface area contributed by atoms with Gasteiger partial charge >= 0.3 is 0 Å². The van der Waals surface area contributed by atoms with Gasteiger partial charge in [-0.05, 0) is 18.6 Å². The average molecular weight is 241 g/mol. The molecule has 0 fully saturated rings. The van der Waals surface area contributed by atoms with E-state index in [2.05, 4.69) is 15.9 Å². The minimum atomic E-state index is 0.0842. The fourth-order valence-corrected chi connectivity index (χ4v) is 1.96. The maximum atomic E-state index is 11.3. The summed E-state index contributed by atoms with van der Waals surface area (Å²) < 4.78 is 5.31. The molecule has 0 radical (unpaired) electrons. The van der Waals surface area contributed by atoms with Gasteiger partial charge in [-0.2, -0.15) is 0 Å². The van der Waals surface area contributed by atoms with Crippen molar-refractivity contribution in [3.63, 3.8) is 0 Å². The second-order valence-electron chi connectivity index (χ2n) is 3.15. The Bertz CT molecular complexity index is 371. The van der Waals surface area contributed by atoms with Crippen molar-refractivity contribution < 1.29 is 9.53 Å². The molecule has 0 saturated carbocycles. The number of ether oxygens (including phenoxy) is 1. The van der Waals surface area contributed by atoms with E-state index in [0.29, 0.717) is 0 Å². The van der Waals surface area contributed by atoms with Crippen molar-refractivity contribution in [2.75, 3.05) is 6.61 Å². The summed E-state index contributed by atoms with van der Waals surface area (Å²) in [6, 6.07) is 3.92. The van der Waals surface area contributed by atoms with Crippen LogP contribution in [0.15, 0.2) is 12.1 Å². The minimum absolute atomic E-state index is 0.0842. The van der Waals surface area contributed by atoms with Crippen LogP contribution in [0.5, 0.6) is 5.75 Å². The SMILES string of the molecule is Cc1cc(CBr)c2c(c1)C(=O)CO2. The highest BCUT2D eigenvalue weighted by Gasteiger charge is 2.23. The molecule has 3 heteroatoms. The molecule has 2 rings (SSSR count). The predicted molar refractivity (Wildman–Crippen MR) is 53.6 cm³/mol. The maximum Gasteiger partial charge on any atom is 0.203 e. The monoisotopic (exact) mass is 240 g/mol. The molecular formula is C10H9BrO2. The van der Waals surface area contributed by atoms with Crippen LogP contribution in [-0.2, 0) is 5.33 Å². The largest absolute Gasteiger partial charge is 0.484 e. The van der Waals surface area contributed by atoms with E-state index >= 15 is 0 Å². The summed E-state index contributed by atoms with van der Waals surface area (Å²) in [4.78, 5) is 11.3. The molecule has 0 unspecified atom stereocenters. The smallest absolute Gasteiger partial charge is 0.203 e. The lowest BCUT2D eigenvalue weighted by Gasteiger charge is -2.05. The van der Waals surface area contributed by atoms with Crippen LogP contribution in [0.1, 0.15) is 21.5 Å². The highest BCUT2D eigenvalue weighted by Crippen LogP contribution is 2.32. The number of aryl methyl sites for hydroxylation is 1. The molecule has 1 aliphatic heterocycles. The number of fused-ring (bicyclic) bond motifs is 1. The molecule has 1 heterocycles. The molecule has 0 aliphatic carbocycles. The number of hydrogen-bond donors (Lipinski definition) is 0. The Morgan fingerprint density at radius 2 is 2.31 bits per heavy atom. The van der Waals surface area contributed by atoms with Crippen molar-refractivity contribution in [3.8, 4) is 5.75 Å². The van der Waals surface area contributed by atoms with Crippen LogP contribution in [0.25, 0.3) is 0 Å². The van der Waals surface area contributed by atoms with Crippen LogP contribution < -0.4 is 4.74 Å². The number of alkyl halides is 1. The van der Waals surface area contributed by atoms with Crippen LogP contribution in [0.4, 0.5) is 0 Å². The summed E-state index contributed by atoms with van der Waals surface area (Å²) in [6.07, 6.45) is 0. The van der Waals surface area contributed by atoms with Crippen molar-refractivity contribution in [3.05, 3.63) is 28.8 Å².